The molecule has 1 fully saturated rings. The lowest BCUT2D eigenvalue weighted by atomic mass is 10.0. The zero-order valence-corrected chi connectivity index (χ0v) is 11.5. The zero-order chi connectivity index (χ0) is 13.2. The molecule has 1 aromatic heterocycles. The smallest absolute Gasteiger partial charge is 0.148 e. The molecule has 19 heavy (non-hydrogen) atoms. The lowest BCUT2D eigenvalue weighted by molar-refractivity contribution is 0.786. The maximum Gasteiger partial charge on any atom is 0.148 e. The highest BCUT2D eigenvalue weighted by Crippen LogP contribution is 2.24. The van der Waals surface area contributed by atoms with Crippen LogP contribution in [-0.4, -0.2) is 29.3 Å². The molecule has 4 nitrogen and oxygen atoms in total. The van der Waals surface area contributed by atoms with Crippen molar-refractivity contribution in [2.75, 3.05) is 18.4 Å². The predicted octanol–water partition coefficient (Wildman–Crippen LogP) is 2.47. The number of rotatable bonds is 3. The third-order valence-corrected chi connectivity index (χ3v) is 3.66. The minimum absolute atomic E-state index is 0.496. The molecular weight excluding hydrogens is 236 g/mol. The average molecular weight is 256 g/mol. The summed E-state index contributed by atoms with van der Waals surface area (Å²) in [5.74, 6) is 0.934. The number of benzene rings is 1. The Labute approximate surface area is 113 Å². The monoisotopic (exact) mass is 256 g/mol. The molecule has 1 aromatic carbocycles. The molecule has 4 heteroatoms. The molecular formula is C15H20N4. The number of hydrogen-bond acceptors (Lipinski definition) is 3. The largest absolute Gasteiger partial charge is 0.365 e. The van der Waals surface area contributed by atoms with E-state index >= 15 is 0 Å². The van der Waals surface area contributed by atoms with Crippen LogP contribution in [0.4, 0.5) is 5.82 Å². The van der Waals surface area contributed by atoms with Crippen LogP contribution in [0, 0.1) is 13.8 Å². The van der Waals surface area contributed by atoms with E-state index in [4.69, 9.17) is 0 Å². The van der Waals surface area contributed by atoms with Crippen molar-refractivity contribution in [1.29, 1.82) is 0 Å². The molecule has 1 saturated heterocycles. The topological polar surface area (TPSA) is 52.7 Å². The Balaban J connectivity index is 1.80. The minimum Gasteiger partial charge on any atom is -0.365 e. The first-order valence-electron chi connectivity index (χ1n) is 6.82. The van der Waals surface area contributed by atoms with E-state index in [1.54, 1.807) is 0 Å². The fraction of sp³-hybridized carbons (Fsp3) is 0.400. The highest BCUT2D eigenvalue weighted by Gasteiger charge is 2.15. The molecule has 1 atom stereocenters. The molecule has 1 aliphatic rings. The quantitative estimate of drug-likeness (QED) is 0.790. The highest BCUT2D eigenvalue weighted by atomic mass is 15.2. The molecule has 1 unspecified atom stereocenters. The second-order valence-electron chi connectivity index (χ2n) is 5.32. The van der Waals surface area contributed by atoms with E-state index in [1.165, 1.54) is 16.7 Å². The van der Waals surface area contributed by atoms with Crippen LogP contribution in [0.5, 0.6) is 0 Å². The Kier molecular flexibility index (Phi) is 3.25. The first-order valence-corrected chi connectivity index (χ1v) is 6.82. The van der Waals surface area contributed by atoms with Gasteiger partial charge in [-0.25, -0.2) is 0 Å². The predicted molar refractivity (Wildman–Crippen MR) is 78.4 cm³/mol. The fourth-order valence-electron chi connectivity index (χ4n) is 2.64. The minimum atomic E-state index is 0.496. The Morgan fingerprint density at radius 2 is 2.16 bits per heavy atom. The Hall–Kier alpha value is -1.81. The van der Waals surface area contributed by atoms with Crippen molar-refractivity contribution in [3.05, 3.63) is 35.4 Å². The molecule has 0 radical (unpaired) electrons. The van der Waals surface area contributed by atoms with Crippen molar-refractivity contribution in [3.8, 4) is 11.3 Å². The summed E-state index contributed by atoms with van der Waals surface area (Å²) < 4.78 is 0. The van der Waals surface area contributed by atoms with Gasteiger partial charge in [-0.15, -0.1) is 0 Å². The van der Waals surface area contributed by atoms with Crippen LogP contribution in [0.1, 0.15) is 17.5 Å². The second-order valence-corrected chi connectivity index (χ2v) is 5.32. The van der Waals surface area contributed by atoms with Gasteiger partial charge in [-0.2, -0.15) is 5.10 Å². The Bertz CT molecular complexity index is 567. The molecule has 2 aromatic rings. The van der Waals surface area contributed by atoms with Crippen LogP contribution >= 0.6 is 0 Å². The van der Waals surface area contributed by atoms with E-state index in [0.717, 1.165) is 31.0 Å². The normalized spacial score (nSPS) is 18.7. The summed E-state index contributed by atoms with van der Waals surface area (Å²) in [5, 5.41) is 14.3. The third kappa shape index (κ3) is 2.63. The molecule has 3 N–H and O–H groups in total. The summed E-state index contributed by atoms with van der Waals surface area (Å²) in [6, 6.07) is 9.08. The molecule has 1 aliphatic heterocycles. The van der Waals surface area contributed by atoms with Gasteiger partial charge in [0.05, 0.1) is 5.69 Å². The number of nitrogens with one attached hydrogen (secondary N) is 3. The molecule has 100 valence electrons. The second kappa shape index (κ2) is 5.05. The molecule has 3 rings (SSSR count). The van der Waals surface area contributed by atoms with Crippen molar-refractivity contribution < 1.29 is 0 Å². The van der Waals surface area contributed by atoms with Crippen molar-refractivity contribution >= 4 is 5.82 Å². The first-order chi connectivity index (χ1) is 9.22. The summed E-state index contributed by atoms with van der Waals surface area (Å²) >= 11 is 0. The SMILES string of the molecule is Cc1ccc(-c2cc(NC3CCNC3)n[nH]2)c(C)c1. The van der Waals surface area contributed by atoms with Crippen molar-refractivity contribution in [2.24, 2.45) is 0 Å². The third-order valence-electron chi connectivity index (χ3n) is 3.66. The lowest BCUT2D eigenvalue weighted by Gasteiger charge is -2.08. The summed E-state index contributed by atoms with van der Waals surface area (Å²) in [6.07, 6.45) is 1.16. The van der Waals surface area contributed by atoms with E-state index in [-0.39, 0.29) is 0 Å². The number of nitrogens with zero attached hydrogens (tertiary/aromatic N) is 1. The zero-order valence-electron chi connectivity index (χ0n) is 11.5. The van der Waals surface area contributed by atoms with Crippen LogP contribution in [0.15, 0.2) is 24.3 Å². The van der Waals surface area contributed by atoms with Gasteiger partial charge < -0.3 is 10.6 Å². The molecule has 2 heterocycles. The number of anilines is 1. The van der Waals surface area contributed by atoms with Crippen LogP contribution < -0.4 is 10.6 Å². The number of H-pyrrole nitrogens is 1. The van der Waals surface area contributed by atoms with Gasteiger partial charge in [0.25, 0.3) is 0 Å². The maximum atomic E-state index is 4.36. The van der Waals surface area contributed by atoms with Crippen molar-refractivity contribution in [2.45, 2.75) is 26.3 Å². The number of aryl methyl sites for hydroxylation is 2. The van der Waals surface area contributed by atoms with E-state index in [9.17, 15) is 0 Å². The van der Waals surface area contributed by atoms with Crippen LogP contribution in [0.3, 0.4) is 0 Å². The van der Waals surface area contributed by atoms with E-state index < -0.39 is 0 Å². The highest BCUT2D eigenvalue weighted by molar-refractivity contribution is 5.66. The molecule has 0 amide bonds. The number of aromatic amines is 1. The lowest BCUT2D eigenvalue weighted by Crippen LogP contribution is -2.22. The molecule has 0 spiro atoms. The average Bonchev–Trinajstić information content (AvgIpc) is 3.01. The number of hydrogen-bond donors (Lipinski definition) is 3. The van der Waals surface area contributed by atoms with Gasteiger partial charge in [0.1, 0.15) is 5.82 Å². The Morgan fingerprint density at radius 3 is 2.89 bits per heavy atom. The molecule has 0 bridgehead atoms. The molecule has 0 aliphatic carbocycles. The van der Waals surface area contributed by atoms with Crippen molar-refractivity contribution in [3.63, 3.8) is 0 Å². The van der Waals surface area contributed by atoms with Gasteiger partial charge in [-0.3, -0.25) is 5.10 Å². The van der Waals surface area contributed by atoms with Crippen LogP contribution in [0.2, 0.25) is 0 Å². The van der Waals surface area contributed by atoms with E-state index in [1.807, 2.05) is 0 Å². The fourth-order valence-corrected chi connectivity index (χ4v) is 2.64. The molecule has 0 saturated carbocycles. The summed E-state index contributed by atoms with van der Waals surface area (Å²) in [5.41, 5.74) is 4.86. The summed E-state index contributed by atoms with van der Waals surface area (Å²) in [7, 11) is 0. The van der Waals surface area contributed by atoms with Crippen LogP contribution in [0.25, 0.3) is 11.3 Å². The van der Waals surface area contributed by atoms with Gasteiger partial charge in [0, 0.05) is 24.2 Å². The summed E-state index contributed by atoms with van der Waals surface area (Å²) in [6.45, 7) is 6.36. The standard InChI is InChI=1S/C15H20N4/c1-10-3-4-13(11(2)7-10)14-8-15(19-18-14)17-12-5-6-16-9-12/h3-4,7-8,12,16H,5-6,9H2,1-2H3,(H2,17,18,19). The van der Waals surface area contributed by atoms with Gasteiger partial charge in [-0.05, 0) is 32.4 Å². The summed E-state index contributed by atoms with van der Waals surface area (Å²) in [4.78, 5) is 0. The van der Waals surface area contributed by atoms with Crippen LogP contribution in [-0.2, 0) is 0 Å². The van der Waals surface area contributed by atoms with Gasteiger partial charge in [-0.1, -0.05) is 23.8 Å². The Morgan fingerprint density at radius 1 is 1.26 bits per heavy atom. The van der Waals surface area contributed by atoms with E-state index in [0.29, 0.717) is 6.04 Å². The van der Waals surface area contributed by atoms with Gasteiger partial charge in [0.15, 0.2) is 0 Å². The number of aromatic nitrogens is 2. The van der Waals surface area contributed by atoms with Gasteiger partial charge in [0.2, 0.25) is 0 Å². The van der Waals surface area contributed by atoms with Crippen molar-refractivity contribution in [1.82, 2.24) is 15.5 Å². The maximum absolute atomic E-state index is 4.36. The van der Waals surface area contributed by atoms with E-state index in [2.05, 4.69) is 58.9 Å². The first kappa shape index (κ1) is 12.2. The van der Waals surface area contributed by atoms with Gasteiger partial charge >= 0.3 is 0 Å².